The van der Waals surface area contributed by atoms with Crippen LogP contribution in [0.2, 0.25) is 0 Å². The number of Topliss-reactive ketones (excluding diaryl/α,β-unsaturated/α-hetero) is 1. The maximum absolute atomic E-state index is 12.5. The molecular weight excluding hydrogens is 312 g/mol. The Morgan fingerprint density at radius 2 is 2.12 bits per heavy atom. The fourth-order valence-corrected chi connectivity index (χ4v) is 3.38. The fraction of sp³-hybridized carbons (Fsp3) is 0.444. The number of carbonyl (C=O) groups excluding carboxylic acids is 2. The predicted molar refractivity (Wildman–Crippen MR) is 84.3 cm³/mol. The molecule has 1 aliphatic heterocycles. The van der Waals surface area contributed by atoms with Gasteiger partial charge in [0.05, 0.1) is 14.2 Å². The van der Waals surface area contributed by atoms with Gasteiger partial charge in [-0.15, -0.1) is 0 Å². The van der Waals surface area contributed by atoms with Gasteiger partial charge in [-0.05, 0) is 24.1 Å². The van der Waals surface area contributed by atoms with Crippen LogP contribution in [-0.2, 0) is 19.1 Å². The second kappa shape index (κ2) is 6.28. The summed E-state index contributed by atoms with van der Waals surface area (Å²) in [6.07, 6.45) is 1.53. The lowest BCUT2D eigenvalue weighted by atomic mass is 9.77. The number of rotatable bonds is 3. The number of hydrogen-bond donors (Lipinski definition) is 1. The van der Waals surface area contributed by atoms with Gasteiger partial charge in [0.15, 0.2) is 5.78 Å². The summed E-state index contributed by atoms with van der Waals surface area (Å²) in [5, 5.41) is 10.6. The Bertz CT molecular complexity index is 707. The van der Waals surface area contributed by atoms with Crippen LogP contribution in [0, 0.1) is 0 Å². The molecule has 128 valence electrons. The zero-order valence-corrected chi connectivity index (χ0v) is 13.7. The number of esters is 1. The quantitative estimate of drug-likeness (QED) is 0.853. The first kappa shape index (κ1) is 16.5. The van der Waals surface area contributed by atoms with Crippen LogP contribution in [0.3, 0.4) is 0 Å². The van der Waals surface area contributed by atoms with Gasteiger partial charge >= 0.3 is 11.8 Å². The number of hydrogen-bond acceptors (Lipinski definition) is 6. The Balaban J connectivity index is 2.09. The third-order valence-corrected chi connectivity index (χ3v) is 4.53. The van der Waals surface area contributed by atoms with E-state index in [-0.39, 0.29) is 12.2 Å². The van der Waals surface area contributed by atoms with Gasteiger partial charge in [0.1, 0.15) is 11.5 Å². The molecular formula is C18H20O6. The summed E-state index contributed by atoms with van der Waals surface area (Å²) in [4.78, 5) is 24.5. The molecule has 6 nitrogen and oxygen atoms in total. The second-order valence-electron chi connectivity index (χ2n) is 6.02. The molecule has 24 heavy (non-hydrogen) atoms. The van der Waals surface area contributed by atoms with Crippen molar-refractivity contribution in [2.45, 2.75) is 37.4 Å². The largest absolute Gasteiger partial charge is 0.497 e. The standard InChI is InChI=1S/C18H20O6/c1-22-12-6-3-5-11(9-12)13-10-18(21,17(20)23-2)24-15-8-4-7-14(19)16(13)15/h3,5-6,9,13,21H,4,7-8,10H2,1-2H3/t13-,18?/m0/s1. The number of methoxy groups -OCH3 is 2. The molecule has 0 saturated carbocycles. The van der Waals surface area contributed by atoms with E-state index in [1.807, 2.05) is 12.1 Å². The highest BCUT2D eigenvalue weighted by molar-refractivity contribution is 5.98. The Morgan fingerprint density at radius 3 is 2.83 bits per heavy atom. The monoisotopic (exact) mass is 332 g/mol. The number of ketones is 1. The van der Waals surface area contributed by atoms with Gasteiger partial charge in [-0.3, -0.25) is 4.79 Å². The van der Waals surface area contributed by atoms with E-state index in [1.165, 1.54) is 7.11 Å². The molecule has 6 heteroatoms. The highest BCUT2D eigenvalue weighted by atomic mass is 16.7. The molecule has 0 spiro atoms. The maximum Gasteiger partial charge on any atom is 0.379 e. The van der Waals surface area contributed by atoms with Crippen molar-refractivity contribution in [3.8, 4) is 5.75 Å². The van der Waals surface area contributed by atoms with Gasteiger partial charge in [-0.2, -0.15) is 0 Å². The van der Waals surface area contributed by atoms with E-state index in [9.17, 15) is 14.7 Å². The summed E-state index contributed by atoms with van der Waals surface area (Å²) >= 11 is 0. The molecule has 0 fully saturated rings. The van der Waals surface area contributed by atoms with E-state index in [2.05, 4.69) is 4.74 Å². The highest BCUT2D eigenvalue weighted by Gasteiger charge is 2.50. The van der Waals surface area contributed by atoms with Crippen LogP contribution in [0.15, 0.2) is 35.6 Å². The van der Waals surface area contributed by atoms with Crippen molar-refractivity contribution < 1.29 is 28.9 Å². The van der Waals surface area contributed by atoms with Crippen molar-refractivity contribution in [2.24, 2.45) is 0 Å². The van der Waals surface area contributed by atoms with Gasteiger partial charge in [-0.1, -0.05) is 12.1 Å². The molecule has 3 rings (SSSR count). The summed E-state index contributed by atoms with van der Waals surface area (Å²) in [6.45, 7) is 0. The van der Waals surface area contributed by atoms with Crippen LogP contribution in [0.25, 0.3) is 0 Å². The van der Waals surface area contributed by atoms with E-state index >= 15 is 0 Å². The van der Waals surface area contributed by atoms with Crippen LogP contribution in [-0.4, -0.2) is 36.9 Å². The van der Waals surface area contributed by atoms with Crippen molar-refractivity contribution >= 4 is 11.8 Å². The Hall–Kier alpha value is -2.34. The van der Waals surface area contributed by atoms with Gasteiger partial charge in [0.25, 0.3) is 0 Å². The van der Waals surface area contributed by atoms with E-state index in [0.717, 1.165) is 5.56 Å². The van der Waals surface area contributed by atoms with Crippen LogP contribution < -0.4 is 4.74 Å². The smallest absolute Gasteiger partial charge is 0.379 e. The van der Waals surface area contributed by atoms with E-state index in [0.29, 0.717) is 36.3 Å². The molecule has 1 heterocycles. The topological polar surface area (TPSA) is 82.1 Å². The first-order valence-electron chi connectivity index (χ1n) is 7.88. The van der Waals surface area contributed by atoms with E-state index in [4.69, 9.17) is 9.47 Å². The second-order valence-corrected chi connectivity index (χ2v) is 6.02. The Kier molecular flexibility index (Phi) is 4.32. The molecule has 1 aliphatic carbocycles. The highest BCUT2D eigenvalue weighted by Crippen LogP contribution is 2.45. The van der Waals surface area contributed by atoms with Gasteiger partial charge < -0.3 is 19.3 Å². The minimum atomic E-state index is -2.08. The molecule has 2 atom stereocenters. The van der Waals surface area contributed by atoms with Gasteiger partial charge in [-0.25, -0.2) is 4.79 Å². The number of carbonyl (C=O) groups is 2. The zero-order chi connectivity index (χ0) is 17.3. The molecule has 1 aromatic rings. The van der Waals surface area contributed by atoms with Crippen LogP contribution in [0.5, 0.6) is 5.75 Å². The molecule has 1 N–H and O–H groups in total. The Labute approximate surface area is 140 Å². The van der Waals surface area contributed by atoms with E-state index in [1.54, 1.807) is 19.2 Å². The lowest BCUT2D eigenvalue weighted by Gasteiger charge is -2.39. The molecule has 0 amide bonds. The SMILES string of the molecule is COC(=O)C1(O)C[C@@H](c2cccc(OC)c2)C2=C(CCCC2=O)O1. The first-order chi connectivity index (χ1) is 11.5. The number of allylic oxidation sites excluding steroid dienone is 2. The van der Waals surface area contributed by atoms with Crippen LogP contribution in [0.4, 0.5) is 0 Å². The van der Waals surface area contributed by atoms with E-state index < -0.39 is 17.7 Å². The van der Waals surface area contributed by atoms with Crippen molar-refractivity contribution in [1.82, 2.24) is 0 Å². The maximum atomic E-state index is 12.5. The minimum Gasteiger partial charge on any atom is -0.497 e. The van der Waals surface area contributed by atoms with Crippen LogP contribution >= 0.6 is 0 Å². The molecule has 0 radical (unpaired) electrons. The number of ether oxygens (including phenoxy) is 3. The summed E-state index contributed by atoms with van der Waals surface area (Å²) in [7, 11) is 2.75. The van der Waals surface area contributed by atoms with Crippen molar-refractivity contribution in [3.05, 3.63) is 41.2 Å². The fourth-order valence-electron chi connectivity index (χ4n) is 3.38. The van der Waals surface area contributed by atoms with Gasteiger partial charge in [0, 0.05) is 30.8 Å². The molecule has 0 bridgehead atoms. The third-order valence-electron chi connectivity index (χ3n) is 4.53. The van der Waals surface area contributed by atoms with Crippen molar-refractivity contribution in [2.75, 3.05) is 14.2 Å². The average Bonchev–Trinajstić information content (AvgIpc) is 2.60. The molecule has 0 aromatic heterocycles. The molecule has 0 saturated heterocycles. The average molecular weight is 332 g/mol. The van der Waals surface area contributed by atoms with Crippen molar-refractivity contribution in [3.63, 3.8) is 0 Å². The summed E-state index contributed by atoms with van der Waals surface area (Å²) in [5.41, 5.74) is 1.34. The third kappa shape index (κ3) is 2.78. The first-order valence-corrected chi connectivity index (χ1v) is 7.88. The van der Waals surface area contributed by atoms with Gasteiger partial charge in [0.2, 0.25) is 0 Å². The normalized spacial score (nSPS) is 26.5. The lowest BCUT2D eigenvalue weighted by Crippen LogP contribution is -2.47. The van der Waals surface area contributed by atoms with Crippen molar-refractivity contribution in [1.29, 1.82) is 0 Å². The molecule has 1 aromatic carbocycles. The zero-order valence-electron chi connectivity index (χ0n) is 13.7. The molecule has 2 aliphatic rings. The number of benzene rings is 1. The lowest BCUT2D eigenvalue weighted by molar-refractivity contribution is -0.222. The minimum absolute atomic E-state index is 0.00372. The Morgan fingerprint density at radius 1 is 1.33 bits per heavy atom. The molecule has 1 unspecified atom stereocenters. The number of aliphatic hydroxyl groups is 1. The predicted octanol–water partition coefficient (Wildman–Crippen LogP) is 2.07. The summed E-state index contributed by atoms with van der Waals surface area (Å²) in [6, 6.07) is 7.27. The summed E-state index contributed by atoms with van der Waals surface area (Å²) in [5.74, 6) is -2.36. The summed E-state index contributed by atoms with van der Waals surface area (Å²) < 4.78 is 15.4. The van der Waals surface area contributed by atoms with Crippen LogP contribution in [0.1, 0.15) is 37.2 Å².